The molecular weight excluding hydrogens is 224 g/mol. The van der Waals surface area contributed by atoms with Crippen LogP contribution in [0.15, 0.2) is 12.2 Å². The van der Waals surface area contributed by atoms with Crippen LogP contribution in [-0.2, 0) is 9.53 Å². The molecule has 0 aromatic heterocycles. The number of allylic oxidation sites excluding steroid dienone is 2. The van der Waals surface area contributed by atoms with Crippen LogP contribution in [0.25, 0.3) is 0 Å². The average molecular weight is 252 g/mol. The summed E-state index contributed by atoms with van der Waals surface area (Å²) in [6, 6.07) is 0. The van der Waals surface area contributed by atoms with Crippen LogP contribution in [-0.4, -0.2) is 12.1 Å². The fourth-order valence-electron chi connectivity index (χ4n) is 2.36. The largest absolute Gasteiger partial charge is 0.462 e. The number of carbonyl (C=O) groups is 1. The lowest BCUT2D eigenvalue weighted by Gasteiger charge is -2.18. The first-order valence-corrected chi connectivity index (χ1v) is 7.67. The van der Waals surface area contributed by atoms with Gasteiger partial charge in [-0.25, -0.2) is 0 Å². The van der Waals surface area contributed by atoms with Gasteiger partial charge in [0.25, 0.3) is 0 Å². The van der Waals surface area contributed by atoms with Gasteiger partial charge in [-0.2, -0.15) is 0 Å². The van der Waals surface area contributed by atoms with Crippen LogP contribution in [0.5, 0.6) is 0 Å². The Morgan fingerprint density at radius 1 is 1.17 bits per heavy atom. The molecule has 0 fully saturated rings. The third-order valence-electron chi connectivity index (χ3n) is 3.49. The molecule has 104 valence electrons. The zero-order valence-corrected chi connectivity index (χ0v) is 11.8. The maximum absolute atomic E-state index is 11.7. The number of ether oxygens (including phenoxy) is 1. The summed E-state index contributed by atoms with van der Waals surface area (Å²) < 4.78 is 5.61. The van der Waals surface area contributed by atoms with Gasteiger partial charge in [-0.3, -0.25) is 4.79 Å². The first-order chi connectivity index (χ1) is 8.83. The molecule has 0 bridgehead atoms. The van der Waals surface area contributed by atoms with Crippen molar-refractivity contribution in [3.05, 3.63) is 12.2 Å². The van der Waals surface area contributed by atoms with Crippen molar-refractivity contribution >= 4 is 5.97 Å². The smallest absolute Gasteiger partial charge is 0.306 e. The van der Waals surface area contributed by atoms with Crippen LogP contribution in [0, 0.1) is 0 Å². The number of esters is 1. The van der Waals surface area contributed by atoms with E-state index < -0.39 is 0 Å². The van der Waals surface area contributed by atoms with Crippen molar-refractivity contribution in [3.8, 4) is 0 Å². The summed E-state index contributed by atoms with van der Waals surface area (Å²) in [7, 11) is 0. The van der Waals surface area contributed by atoms with Gasteiger partial charge in [-0.1, -0.05) is 31.9 Å². The van der Waals surface area contributed by atoms with Crippen molar-refractivity contribution in [3.63, 3.8) is 0 Å². The number of cyclic esters (lactones) is 1. The quantitative estimate of drug-likeness (QED) is 0.409. The van der Waals surface area contributed by atoms with Gasteiger partial charge < -0.3 is 4.74 Å². The molecule has 1 aliphatic rings. The minimum Gasteiger partial charge on any atom is -0.462 e. The van der Waals surface area contributed by atoms with Crippen LogP contribution in [0.4, 0.5) is 0 Å². The number of carbonyl (C=O) groups excluding carboxylic acids is 1. The lowest BCUT2D eigenvalue weighted by molar-refractivity contribution is -0.150. The Kier molecular flexibility index (Phi) is 8.62. The molecule has 0 aromatic carbocycles. The minimum atomic E-state index is 0.0149. The fraction of sp³-hybridized carbons (Fsp3) is 0.812. The molecule has 2 heteroatoms. The molecule has 0 aliphatic carbocycles. The van der Waals surface area contributed by atoms with Gasteiger partial charge in [0.1, 0.15) is 6.10 Å². The second kappa shape index (κ2) is 10.2. The molecule has 1 atom stereocenters. The van der Waals surface area contributed by atoms with E-state index >= 15 is 0 Å². The number of rotatable bonds is 4. The SMILES string of the molecule is CCCCC[C@H]1CCC/C=C/CCCCC(=O)O1. The van der Waals surface area contributed by atoms with Gasteiger partial charge in [-0.15, -0.1) is 0 Å². The molecule has 0 amide bonds. The predicted octanol–water partition coefficient (Wildman–Crippen LogP) is 4.78. The monoisotopic (exact) mass is 252 g/mol. The lowest BCUT2D eigenvalue weighted by atomic mass is 10.0. The zero-order valence-electron chi connectivity index (χ0n) is 11.8. The number of hydrogen-bond acceptors (Lipinski definition) is 2. The summed E-state index contributed by atoms with van der Waals surface area (Å²) >= 11 is 0. The van der Waals surface area contributed by atoms with Gasteiger partial charge >= 0.3 is 5.97 Å². The molecule has 0 unspecified atom stereocenters. The Hall–Kier alpha value is -0.790. The third kappa shape index (κ3) is 7.52. The molecule has 0 radical (unpaired) electrons. The van der Waals surface area contributed by atoms with Crippen molar-refractivity contribution in [2.75, 3.05) is 0 Å². The maximum Gasteiger partial charge on any atom is 0.306 e. The molecule has 1 rings (SSSR count). The van der Waals surface area contributed by atoms with Gasteiger partial charge in [0.15, 0.2) is 0 Å². The Bertz CT molecular complexity index is 245. The first-order valence-electron chi connectivity index (χ1n) is 7.67. The highest BCUT2D eigenvalue weighted by molar-refractivity contribution is 5.69. The molecule has 0 saturated carbocycles. The van der Waals surface area contributed by atoms with E-state index in [1.807, 2.05) is 0 Å². The van der Waals surface area contributed by atoms with E-state index in [2.05, 4.69) is 19.1 Å². The summed E-state index contributed by atoms with van der Waals surface area (Å²) in [6.45, 7) is 2.21. The van der Waals surface area contributed by atoms with Crippen LogP contribution in [0.3, 0.4) is 0 Å². The third-order valence-corrected chi connectivity index (χ3v) is 3.49. The van der Waals surface area contributed by atoms with Crippen LogP contribution < -0.4 is 0 Å². The summed E-state index contributed by atoms with van der Waals surface area (Å²) in [5.41, 5.74) is 0. The minimum absolute atomic E-state index is 0.0149. The van der Waals surface area contributed by atoms with Gasteiger partial charge in [0, 0.05) is 6.42 Å². The predicted molar refractivity (Wildman–Crippen MR) is 75.5 cm³/mol. The first kappa shape index (κ1) is 15.3. The Morgan fingerprint density at radius 2 is 1.94 bits per heavy atom. The molecule has 0 saturated heterocycles. The van der Waals surface area contributed by atoms with E-state index in [-0.39, 0.29) is 12.1 Å². The van der Waals surface area contributed by atoms with E-state index in [0.29, 0.717) is 6.42 Å². The second-order valence-corrected chi connectivity index (χ2v) is 5.26. The maximum atomic E-state index is 11.7. The highest BCUT2D eigenvalue weighted by Crippen LogP contribution is 2.16. The highest BCUT2D eigenvalue weighted by Gasteiger charge is 2.13. The number of unbranched alkanes of at least 4 members (excludes halogenated alkanes) is 2. The van der Waals surface area contributed by atoms with E-state index in [0.717, 1.165) is 44.9 Å². The van der Waals surface area contributed by atoms with Crippen molar-refractivity contribution in [1.82, 2.24) is 0 Å². The van der Waals surface area contributed by atoms with Crippen LogP contribution >= 0.6 is 0 Å². The number of hydrogen-bond donors (Lipinski definition) is 0. The summed E-state index contributed by atoms with van der Waals surface area (Å²) in [5.74, 6) is 0.0149. The molecule has 1 aliphatic heterocycles. The van der Waals surface area contributed by atoms with Crippen molar-refractivity contribution in [2.45, 2.75) is 83.7 Å². The Balaban J connectivity index is 2.37. The normalized spacial score (nSPS) is 24.7. The van der Waals surface area contributed by atoms with E-state index in [9.17, 15) is 4.79 Å². The molecule has 18 heavy (non-hydrogen) atoms. The van der Waals surface area contributed by atoms with Gasteiger partial charge in [0.2, 0.25) is 0 Å². The van der Waals surface area contributed by atoms with Crippen LogP contribution in [0.1, 0.15) is 77.6 Å². The van der Waals surface area contributed by atoms with Gasteiger partial charge in [-0.05, 0) is 51.4 Å². The Morgan fingerprint density at radius 3 is 2.72 bits per heavy atom. The van der Waals surface area contributed by atoms with Crippen LogP contribution in [0.2, 0.25) is 0 Å². The van der Waals surface area contributed by atoms with Crippen molar-refractivity contribution < 1.29 is 9.53 Å². The second-order valence-electron chi connectivity index (χ2n) is 5.26. The van der Waals surface area contributed by atoms with Gasteiger partial charge in [0.05, 0.1) is 0 Å². The molecular formula is C16H28O2. The summed E-state index contributed by atoms with van der Waals surface area (Å²) in [6.07, 6.45) is 16.5. The standard InChI is InChI=1S/C16H28O2/c1-2-3-9-12-15-13-10-7-5-4-6-8-11-14-16(17)18-15/h4-5,15H,2-3,6-14H2,1H3/b5-4+/t15-/m0/s1. The van der Waals surface area contributed by atoms with E-state index in [4.69, 9.17) is 4.74 Å². The molecule has 0 N–H and O–H groups in total. The molecule has 0 spiro atoms. The molecule has 1 heterocycles. The van der Waals surface area contributed by atoms with E-state index in [1.54, 1.807) is 0 Å². The Labute approximate surface area is 112 Å². The van der Waals surface area contributed by atoms with Crippen molar-refractivity contribution in [2.24, 2.45) is 0 Å². The zero-order chi connectivity index (χ0) is 13.1. The fourth-order valence-corrected chi connectivity index (χ4v) is 2.36. The van der Waals surface area contributed by atoms with Crippen molar-refractivity contribution in [1.29, 1.82) is 0 Å². The summed E-state index contributed by atoms with van der Waals surface area (Å²) in [5, 5.41) is 0. The molecule has 0 aromatic rings. The average Bonchev–Trinajstić information content (AvgIpc) is 2.34. The lowest BCUT2D eigenvalue weighted by Crippen LogP contribution is -2.18. The molecule has 2 nitrogen and oxygen atoms in total. The van der Waals surface area contributed by atoms with E-state index in [1.165, 1.54) is 19.3 Å². The summed E-state index contributed by atoms with van der Waals surface area (Å²) in [4.78, 5) is 11.7. The topological polar surface area (TPSA) is 26.3 Å². The highest BCUT2D eigenvalue weighted by atomic mass is 16.5.